The molecular weight excluding hydrogens is 324 g/mol. The average Bonchev–Trinajstić information content (AvgIpc) is 2.99. The molecule has 0 saturated heterocycles. The molecule has 0 heteroatoms. The van der Waals surface area contributed by atoms with E-state index >= 15 is 0 Å². The molecule has 0 heterocycles. The molecule has 0 aliphatic heterocycles. The van der Waals surface area contributed by atoms with Gasteiger partial charge in [-0.1, -0.05) is 88.6 Å². The van der Waals surface area contributed by atoms with Gasteiger partial charge in [-0.05, 0) is 76.1 Å². The molecule has 0 fully saturated rings. The van der Waals surface area contributed by atoms with Crippen molar-refractivity contribution < 1.29 is 0 Å². The summed E-state index contributed by atoms with van der Waals surface area (Å²) < 4.78 is 0. The van der Waals surface area contributed by atoms with Crippen LogP contribution in [0, 0.1) is 18.8 Å². The Labute approximate surface area is 165 Å². The second-order valence-electron chi connectivity index (χ2n) is 9.62. The van der Waals surface area contributed by atoms with Crippen molar-refractivity contribution in [2.24, 2.45) is 11.8 Å². The van der Waals surface area contributed by atoms with Gasteiger partial charge in [-0.3, -0.25) is 0 Å². The van der Waals surface area contributed by atoms with Gasteiger partial charge in [0.2, 0.25) is 0 Å². The smallest absolute Gasteiger partial charge is 0.00435 e. The minimum atomic E-state index is 0.336. The van der Waals surface area contributed by atoms with Gasteiger partial charge >= 0.3 is 0 Å². The maximum Gasteiger partial charge on any atom is -0.00435 e. The van der Waals surface area contributed by atoms with Gasteiger partial charge in [0.1, 0.15) is 0 Å². The Bertz CT molecular complexity index is 978. The van der Waals surface area contributed by atoms with Crippen molar-refractivity contribution in [3.8, 4) is 0 Å². The molecule has 2 atom stereocenters. The molecule has 4 rings (SSSR count). The van der Waals surface area contributed by atoms with Crippen molar-refractivity contribution in [3.63, 3.8) is 0 Å². The molecule has 0 nitrogen and oxygen atoms in total. The number of hydrogen-bond acceptors (Lipinski definition) is 0. The Morgan fingerprint density at radius 1 is 0.889 bits per heavy atom. The monoisotopic (exact) mass is 358 g/mol. The number of benzene rings is 3. The van der Waals surface area contributed by atoms with E-state index in [0.717, 1.165) is 11.8 Å². The Hall–Kier alpha value is -1.82. The van der Waals surface area contributed by atoms with E-state index in [9.17, 15) is 0 Å². The van der Waals surface area contributed by atoms with Crippen LogP contribution in [-0.2, 0) is 11.8 Å². The van der Waals surface area contributed by atoms with Crippen molar-refractivity contribution >= 4 is 21.5 Å². The van der Waals surface area contributed by atoms with Crippen LogP contribution in [0.25, 0.3) is 21.5 Å². The van der Waals surface area contributed by atoms with Crippen molar-refractivity contribution in [2.45, 2.75) is 72.1 Å². The molecular formula is C27H34. The highest BCUT2D eigenvalue weighted by Gasteiger charge is 2.39. The highest BCUT2D eigenvalue weighted by Crippen LogP contribution is 2.48. The topological polar surface area (TPSA) is 0 Å². The lowest BCUT2D eigenvalue weighted by Crippen LogP contribution is -2.27. The van der Waals surface area contributed by atoms with Gasteiger partial charge in [0.05, 0.1) is 0 Å². The van der Waals surface area contributed by atoms with Crippen LogP contribution in [0.15, 0.2) is 42.5 Å². The molecule has 0 N–H and O–H groups in total. The summed E-state index contributed by atoms with van der Waals surface area (Å²) in [5, 5.41) is 5.69. The average molecular weight is 359 g/mol. The van der Waals surface area contributed by atoms with Gasteiger partial charge in [-0.2, -0.15) is 0 Å². The second kappa shape index (κ2) is 6.97. The van der Waals surface area contributed by atoms with E-state index in [4.69, 9.17) is 0 Å². The summed E-state index contributed by atoms with van der Waals surface area (Å²) in [5.41, 5.74) is 4.92. The third-order valence-corrected chi connectivity index (χ3v) is 7.30. The van der Waals surface area contributed by atoms with Crippen molar-refractivity contribution in [1.29, 1.82) is 0 Å². The zero-order valence-electron chi connectivity index (χ0n) is 17.7. The molecule has 1 aliphatic carbocycles. The highest BCUT2D eigenvalue weighted by molar-refractivity contribution is 6.09. The fourth-order valence-electron chi connectivity index (χ4n) is 5.31. The second-order valence-corrected chi connectivity index (χ2v) is 9.62. The van der Waals surface area contributed by atoms with Gasteiger partial charge in [-0.15, -0.1) is 0 Å². The zero-order valence-corrected chi connectivity index (χ0v) is 17.7. The Balaban J connectivity index is 1.73. The molecule has 3 aromatic rings. The molecule has 0 amide bonds. The maximum absolute atomic E-state index is 2.52. The van der Waals surface area contributed by atoms with E-state index < -0.39 is 0 Å². The van der Waals surface area contributed by atoms with Crippen LogP contribution >= 0.6 is 0 Å². The van der Waals surface area contributed by atoms with Crippen LogP contribution in [0.4, 0.5) is 0 Å². The molecule has 0 aromatic heterocycles. The number of aryl methyl sites for hydroxylation is 2. The fraction of sp³-hybridized carbons (Fsp3) is 0.481. The Morgan fingerprint density at radius 3 is 2.41 bits per heavy atom. The summed E-state index contributed by atoms with van der Waals surface area (Å²) in [5.74, 6) is 1.57. The predicted molar refractivity (Wildman–Crippen MR) is 120 cm³/mol. The summed E-state index contributed by atoms with van der Waals surface area (Å²) in [6.07, 6.45) is 6.60. The first-order valence-electron chi connectivity index (χ1n) is 10.9. The van der Waals surface area contributed by atoms with Gasteiger partial charge in [0.25, 0.3) is 0 Å². The lowest BCUT2D eigenvalue weighted by atomic mass is 9.71. The lowest BCUT2D eigenvalue weighted by Gasteiger charge is -2.33. The molecule has 0 radical (unpaired) electrons. The lowest BCUT2D eigenvalue weighted by molar-refractivity contribution is 0.283. The van der Waals surface area contributed by atoms with Crippen molar-refractivity contribution in [1.82, 2.24) is 0 Å². The van der Waals surface area contributed by atoms with Crippen LogP contribution in [-0.4, -0.2) is 0 Å². The number of hydrogen-bond donors (Lipinski definition) is 0. The summed E-state index contributed by atoms with van der Waals surface area (Å²) in [4.78, 5) is 0. The van der Waals surface area contributed by atoms with Crippen LogP contribution in [0.2, 0.25) is 0 Å². The molecule has 0 saturated carbocycles. The SMILES string of the molecule is Cc1ccc2c(ccc3c4c(ccc32)[C@](C)([C@H](C)CCCC(C)C)CC4)c1. The molecule has 0 unspecified atom stereocenters. The van der Waals surface area contributed by atoms with Crippen LogP contribution < -0.4 is 0 Å². The number of rotatable bonds is 5. The molecule has 142 valence electrons. The summed E-state index contributed by atoms with van der Waals surface area (Å²) in [6, 6.07) is 16.4. The summed E-state index contributed by atoms with van der Waals surface area (Å²) in [6.45, 7) is 11.9. The highest BCUT2D eigenvalue weighted by atomic mass is 14.4. The van der Waals surface area contributed by atoms with Crippen LogP contribution in [0.3, 0.4) is 0 Å². The van der Waals surface area contributed by atoms with E-state index in [1.165, 1.54) is 59.2 Å². The minimum Gasteiger partial charge on any atom is -0.0628 e. The maximum atomic E-state index is 2.52. The molecule has 0 bridgehead atoms. The Morgan fingerprint density at radius 2 is 1.63 bits per heavy atom. The molecule has 1 aliphatic rings. The third-order valence-electron chi connectivity index (χ3n) is 7.30. The van der Waals surface area contributed by atoms with Gasteiger partial charge in [-0.25, -0.2) is 0 Å². The first-order valence-corrected chi connectivity index (χ1v) is 10.9. The number of fused-ring (bicyclic) bond motifs is 5. The van der Waals surface area contributed by atoms with Crippen LogP contribution in [0.5, 0.6) is 0 Å². The minimum absolute atomic E-state index is 0.336. The summed E-state index contributed by atoms with van der Waals surface area (Å²) >= 11 is 0. The zero-order chi connectivity index (χ0) is 19.2. The normalized spacial score (nSPS) is 20.5. The van der Waals surface area contributed by atoms with E-state index in [1.807, 2.05) is 0 Å². The third kappa shape index (κ3) is 3.18. The molecule has 3 aromatic carbocycles. The van der Waals surface area contributed by atoms with Gasteiger partial charge in [0.15, 0.2) is 0 Å². The molecule has 0 spiro atoms. The Kier molecular flexibility index (Phi) is 4.78. The van der Waals surface area contributed by atoms with E-state index in [0.29, 0.717) is 5.41 Å². The predicted octanol–water partition coefficient (Wildman–Crippen LogP) is 7.97. The summed E-state index contributed by atoms with van der Waals surface area (Å²) in [7, 11) is 0. The quantitative estimate of drug-likeness (QED) is 0.406. The fourth-order valence-corrected chi connectivity index (χ4v) is 5.31. The van der Waals surface area contributed by atoms with E-state index in [1.54, 1.807) is 11.1 Å². The van der Waals surface area contributed by atoms with E-state index in [2.05, 4.69) is 77.1 Å². The first-order chi connectivity index (χ1) is 12.9. The van der Waals surface area contributed by atoms with Crippen molar-refractivity contribution in [3.05, 3.63) is 59.2 Å². The van der Waals surface area contributed by atoms with Gasteiger partial charge in [0, 0.05) is 0 Å². The first kappa shape index (κ1) is 18.5. The largest absolute Gasteiger partial charge is 0.0628 e. The molecule has 27 heavy (non-hydrogen) atoms. The van der Waals surface area contributed by atoms with Gasteiger partial charge < -0.3 is 0 Å². The van der Waals surface area contributed by atoms with Crippen molar-refractivity contribution in [2.75, 3.05) is 0 Å². The van der Waals surface area contributed by atoms with Crippen LogP contribution in [0.1, 0.15) is 70.1 Å². The van der Waals surface area contributed by atoms with E-state index in [-0.39, 0.29) is 0 Å². The standard InChI is InChI=1S/C27H34/c1-18(2)7-6-8-20(4)27(5)16-15-25-24-12-10-21-17-19(3)9-11-22(21)23(24)13-14-26(25)27/h9-14,17-18,20H,6-8,15-16H2,1-5H3/t20-,27+/m1/s1.